The highest BCUT2D eigenvalue weighted by atomic mass is 15.2. The van der Waals surface area contributed by atoms with E-state index in [4.69, 9.17) is 11.0 Å². The summed E-state index contributed by atoms with van der Waals surface area (Å²) in [5.41, 5.74) is 7.77. The van der Waals surface area contributed by atoms with Gasteiger partial charge in [-0.05, 0) is 63.8 Å². The normalized spacial score (nSPS) is 15.3. The molecule has 0 unspecified atom stereocenters. The number of anilines is 1. The average Bonchev–Trinajstić information content (AvgIpc) is 3.22. The van der Waals surface area contributed by atoms with Crippen molar-refractivity contribution in [1.82, 2.24) is 4.90 Å². The summed E-state index contributed by atoms with van der Waals surface area (Å²) in [6.07, 6.45) is 4.66. The van der Waals surface area contributed by atoms with Crippen LogP contribution in [0.25, 0.3) is 0 Å². The van der Waals surface area contributed by atoms with E-state index in [1.54, 1.807) is 0 Å². The first-order valence-electron chi connectivity index (χ1n) is 7.50. The molecule has 0 bridgehead atoms. The minimum atomic E-state index is -0.202. The van der Waals surface area contributed by atoms with E-state index in [0.717, 1.165) is 37.7 Å². The first-order chi connectivity index (χ1) is 9.50. The van der Waals surface area contributed by atoms with E-state index >= 15 is 0 Å². The Balaban J connectivity index is 1.87. The Labute approximate surface area is 122 Å². The molecule has 0 heterocycles. The molecule has 1 aromatic rings. The van der Waals surface area contributed by atoms with Gasteiger partial charge in [0.1, 0.15) is 0 Å². The Kier molecular flexibility index (Phi) is 4.67. The largest absolute Gasteiger partial charge is 0.399 e. The van der Waals surface area contributed by atoms with Crippen molar-refractivity contribution in [3.63, 3.8) is 0 Å². The summed E-state index contributed by atoms with van der Waals surface area (Å²) in [5, 5.41) is 9.07. The molecule has 1 aliphatic carbocycles. The van der Waals surface area contributed by atoms with Gasteiger partial charge in [-0.3, -0.25) is 4.90 Å². The predicted molar refractivity (Wildman–Crippen MR) is 82.9 cm³/mol. The van der Waals surface area contributed by atoms with Crippen LogP contribution in [0, 0.1) is 16.7 Å². The lowest BCUT2D eigenvalue weighted by atomic mass is 9.90. The molecule has 2 rings (SSSR count). The molecule has 1 fully saturated rings. The molecule has 0 saturated heterocycles. The van der Waals surface area contributed by atoms with E-state index in [1.807, 2.05) is 26.0 Å². The summed E-state index contributed by atoms with van der Waals surface area (Å²) in [7, 11) is 0. The van der Waals surface area contributed by atoms with Gasteiger partial charge in [0, 0.05) is 18.3 Å². The van der Waals surface area contributed by atoms with Crippen LogP contribution in [0.2, 0.25) is 0 Å². The summed E-state index contributed by atoms with van der Waals surface area (Å²) in [5.74, 6) is 0. The number of nitrogens with zero attached hydrogens (tertiary/aromatic N) is 2. The van der Waals surface area contributed by atoms with Gasteiger partial charge in [-0.25, -0.2) is 0 Å². The van der Waals surface area contributed by atoms with Crippen LogP contribution >= 0.6 is 0 Å². The molecule has 0 aliphatic heterocycles. The molecule has 2 N–H and O–H groups in total. The van der Waals surface area contributed by atoms with Crippen LogP contribution < -0.4 is 5.73 Å². The number of hydrogen-bond acceptors (Lipinski definition) is 3. The Bertz CT molecular complexity index is 483. The number of nitrogen functional groups attached to an aromatic ring is 1. The van der Waals surface area contributed by atoms with Gasteiger partial charge in [0.25, 0.3) is 0 Å². The average molecular weight is 271 g/mol. The lowest BCUT2D eigenvalue weighted by Crippen LogP contribution is -2.27. The smallest absolute Gasteiger partial charge is 0.0683 e. The van der Waals surface area contributed by atoms with Crippen molar-refractivity contribution in [1.29, 1.82) is 5.26 Å². The summed E-state index contributed by atoms with van der Waals surface area (Å²) < 4.78 is 0. The standard InChI is InChI=1S/C17H25N3/c1-17(2,13-18)9-4-10-20(16-7-8-16)12-14-5-3-6-15(19)11-14/h3,5-6,11,16H,4,7-10,12,19H2,1-2H3. The van der Waals surface area contributed by atoms with Crippen LogP contribution in [0.3, 0.4) is 0 Å². The van der Waals surface area contributed by atoms with Gasteiger partial charge in [0.05, 0.1) is 11.5 Å². The second-order valence-electron chi connectivity index (χ2n) is 6.55. The van der Waals surface area contributed by atoms with E-state index in [9.17, 15) is 0 Å². The van der Waals surface area contributed by atoms with Crippen molar-refractivity contribution >= 4 is 5.69 Å². The predicted octanol–water partition coefficient (Wildman–Crippen LogP) is 3.56. The van der Waals surface area contributed by atoms with Crippen LogP contribution in [0.15, 0.2) is 24.3 Å². The number of nitrogens with two attached hydrogens (primary N) is 1. The van der Waals surface area contributed by atoms with E-state index in [2.05, 4.69) is 23.1 Å². The molecule has 0 atom stereocenters. The van der Waals surface area contributed by atoms with E-state index in [0.29, 0.717) is 0 Å². The molecule has 0 spiro atoms. The summed E-state index contributed by atoms with van der Waals surface area (Å²) >= 11 is 0. The fraction of sp³-hybridized carbons (Fsp3) is 0.588. The van der Waals surface area contributed by atoms with Gasteiger partial charge in [0.2, 0.25) is 0 Å². The number of nitriles is 1. The highest BCUT2D eigenvalue weighted by molar-refractivity contribution is 5.40. The fourth-order valence-corrected chi connectivity index (χ4v) is 2.54. The highest BCUT2D eigenvalue weighted by Gasteiger charge is 2.29. The Hall–Kier alpha value is -1.53. The molecule has 0 radical (unpaired) electrons. The number of hydrogen-bond donors (Lipinski definition) is 1. The maximum Gasteiger partial charge on any atom is 0.0683 e. The van der Waals surface area contributed by atoms with E-state index < -0.39 is 0 Å². The summed E-state index contributed by atoms with van der Waals surface area (Å²) in [6, 6.07) is 11.3. The van der Waals surface area contributed by atoms with Crippen molar-refractivity contribution < 1.29 is 0 Å². The van der Waals surface area contributed by atoms with Gasteiger partial charge in [0.15, 0.2) is 0 Å². The molecular formula is C17H25N3. The molecule has 20 heavy (non-hydrogen) atoms. The van der Waals surface area contributed by atoms with Crippen LogP contribution in [0.5, 0.6) is 0 Å². The Morgan fingerprint density at radius 1 is 1.40 bits per heavy atom. The van der Waals surface area contributed by atoms with Crippen LogP contribution in [0.4, 0.5) is 5.69 Å². The monoisotopic (exact) mass is 271 g/mol. The molecule has 108 valence electrons. The molecule has 3 nitrogen and oxygen atoms in total. The minimum Gasteiger partial charge on any atom is -0.399 e. The van der Waals surface area contributed by atoms with Crippen molar-refractivity contribution in [3.8, 4) is 6.07 Å². The maximum absolute atomic E-state index is 9.07. The molecule has 0 amide bonds. The van der Waals surface area contributed by atoms with Gasteiger partial charge in [-0.15, -0.1) is 0 Å². The van der Waals surface area contributed by atoms with Crippen LogP contribution in [-0.4, -0.2) is 17.5 Å². The van der Waals surface area contributed by atoms with Crippen LogP contribution in [-0.2, 0) is 6.54 Å². The molecule has 1 saturated carbocycles. The van der Waals surface area contributed by atoms with Crippen molar-refractivity contribution in [2.24, 2.45) is 5.41 Å². The molecule has 0 aromatic heterocycles. The third-order valence-corrected chi connectivity index (χ3v) is 3.95. The van der Waals surface area contributed by atoms with Gasteiger partial charge >= 0.3 is 0 Å². The molecular weight excluding hydrogens is 246 g/mol. The topological polar surface area (TPSA) is 53.0 Å². The molecule has 1 aromatic carbocycles. The van der Waals surface area contributed by atoms with Gasteiger partial charge in [-0.2, -0.15) is 5.26 Å². The first kappa shape index (κ1) is 14.9. The quantitative estimate of drug-likeness (QED) is 0.771. The zero-order valence-corrected chi connectivity index (χ0v) is 12.6. The second-order valence-corrected chi connectivity index (χ2v) is 6.55. The SMILES string of the molecule is CC(C)(C#N)CCCN(Cc1cccc(N)c1)C1CC1. The van der Waals surface area contributed by atoms with Crippen molar-refractivity contribution in [3.05, 3.63) is 29.8 Å². The Morgan fingerprint density at radius 2 is 2.15 bits per heavy atom. The lowest BCUT2D eigenvalue weighted by molar-refractivity contribution is 0.238. The second kappa shape index (κ2) is 6.28. The zero-order chi connectivity index (χ0) is 14.6. The maximum atomic E-state index is 9.07. The summed E-state index contributed by atoms with van der Waals surface area (Å²) in [4.78, 5) is 2.54. The Morgan fingerprint density at radius 3 is 2.75 bits per heavy atom. The van der Waals surface area contributed by atoms with Gasteiger partial charge in [-0.1, -0.05) is 12.1 Å². The summed E-state index contributed by atoms with van der Waals surface area (Å²) in [6.45, 7) is 6.09. The number of rotatable bonds is 7. The first-order valence-corrected chi connectivity index (χ1v) is 7.50. The van der Waals surface area contributed by atoms with Crippen LogP contribution in [0.1, 0.15) is 45.1 Å². The van der Waals surface area contributed by atoms with E-state index in [-0.39, 0.29) is 5.41 Å². The number of benzene rings is 1. The minimum absolute atomic E-state index is 0.202. The zero-order valence-electron chi connectivity index (χ0n) is 12.6. The van der Waals surface area contributed by atoms with Crippen molar-refractivity contribution in [2.45, 2.75) is 52.1 Å². The third kappa shape index (κ3) is 4.54. The lowest BCUT2D eigenvalue weighted by Gasteiger charge is -2.24. The van der Waals surface area contributed by atoms with Crippen molar-refractivity contribution in [2.75, 3.05) is 12.3 Å². The molecule has 1 aliphatic rings. The highest BCUT2D eigenvalue weighted by Crippen LogP contribution is 2.30. The third-order valence-electron chi connectivity index (χ3n) is 3.95. The fourth-order valence-electron chi connectivity index (χ4n) is 2.54. The van der Waals surface area contributed by atoms with Gasteiger partial charge < -0.3 is 5.73 Å². The van der Waals surface area contributed by atoms with E-state index in [1.165, 1.54) is 18.4 Å². The molecule has 3 heteroatoms.